The third kappa shape index (κ3) is 8.84. The Kier molecular flexibility index (Phi) is 8.16. The Labute approximate surface area is 110 Å². The third-order valence-electron chi connectivity index (χ3n) is 2.43. The number of carbonyl (C=O) groups is 2. The highest BCUT2D eigenvalue weighted by atomic mass is 16.4. The van der Waals surface area contributed by atoms with Gasteiger partial charge in [-0.3, -0.25) is 4.79 Å². The molecule has 0 atom stereocenters. The van der Waals surface area contributed by atoms with Gasteiger partial charge < -0.3 is 15.3 Å². The van der Waals surface area contributed by atoms with Gasteiger partial charge in [0.1, 0.15) is 6.54 Å². The zero-order valence-electron chi connectivity index (χ0n) is 11.9. The number of nitrogens with zero attached hydrogens (tertiary/aromatic N) is 1. The first-order valence-corrected chi connectivity index (χ1v) is 6.57. The summed E-state index contributed by atoms with van der Waals surface area (Å²) in [7, 11) is 0. The molecule has 0 fully saturated rings. The largest absolute Gasteiger partial charge is 0.480 e. The second kappa shape index (κ2) is 8.78. The van der Waals surface area contributed by atoms with Crippen molar-refractivity contribution in [3.63, 3.8) is 0 Å². The number of aliphatic carboxylic acids is 1. The Hall–Kier alpha value is -1.26. The normalized spacial score (nSPS) is 10.8. The summed E-state index contributed by atoms with van der Waals surface area (Å²) in [6.45, 7) is 9.01. The maximum atomic E-state index is 11.8. The van der Waals surface area contributed by atoms with Crippen LogP contribution in [0.15, 0.2) is 0 Å². The fraction of sp³-hybridized carbons (Fsp3) is 0.846. The monoisotopic (exact) mass is 258 g/mol. The highest BCUT2D eigenvalue weighted by Crippen LogP contribution is 2.03. The van der Waals surface area contributed by atoms with Crippen LogP contribution in [0.5, 0.6) is 0 Å². The highest BCUT2D eigenvalue weighted by molar-refractivity contribution is 5.80. The van der Waals surface area contributed by atoms with Crippen molar-refractivity contribution < 1.29 is 14.7 Å². The van der Waals surface area contributed by atoms with E-state index in [1.54, 1.807) is 0 Å². The molecule has 0 heterocycles. The van der Waals surface area contributed by atoms with Crippen molar-refractivity contribution in [2.24, 2.45) is 11.8 Å². The summed E-state index contributed by atoms with van der Waals surface area (Å²) < 4.78 is 0. The molecule has 0 aromatic heterocycles. The molecular formula is C13H26N2O3. The number of carboxylic acids is 1. The third-order valence-corrected chi connectivity index (χ3v) is 2.43. The predicted molar refractivity (Wildman–Crippen MR) is 71.5 cm³/mol. The Morgan fingerprint density at radius 3 is 2.22 bits per heavy atom. The minimum atomic E-state index is -0.979. The van der Waals surface area contributed by atoms with Crippen molar-refractivity contribution in [2.75, 3.05) is 19.6 Å². The minimum Gasteiger partial charge on any atom is -0.480 e. The van der Waals surface area contributed by atoms with Crippen molar-refractivity contribution in [3.8, 4) is 0 Å². The molecule has 0 rings (SSSR count). The quantitative estimate of drug-likeness (QED) is 0.656. The van der Waals surface area contributed by atoms with Gasteiger partial charge in [0, 0.05) is 13.1 Å². The Morgan fingerprint density at radius 1 is 1.17 bits per heavy atom. The lowest BCUT2D eigenvalue weighted by Gasteiger charge is -2.23. The molecule has 0 aromatic carbocycles. The molecule has 5 nitrogen and oxygen atoms in total. The van der Waals surface area contributed by atoms with Gasteiger partial charge in [-0.05, 0) is 24.7 Å². The zero-order valence-corrected chi connectivity index (χ0v) is 11.9. The molecule has 0 unspecified atom stereocenters. The molecule has 0 aliphatic heterocycles. The predicted octanol–water partition coefficient (Wildman–Crippen LogP) is 2.17. The molecular weight excluding hydrogens is 232 g/mol. The van der Waals surface area contributed by atoms with Gasteiger partial charge in [0.25, 0.3) is 0 Å². The maximum absolute atomic E-state index is 11.8. The maximum Gasteiger partial charge on any atom is 0.323 e. The molecule has 0 aliphatic carbocycles. The van der Waals surface area contributed by atoms with E-state index in [0.29, 0.717) is 19.0 Å². The van der Waals surface area contributed by atoms with Crippen LogP contribution in [0.4, 0.5) is 4.79 Å². The van der Waals surface area contributed by atoms with Crippen molar-refractivity contribution in [1.82, 2.24) is 10.2 Å². The number of amides is 2. The number of rotatable bonds is 8. The van der Waals surface area contributed by atoms with Crippen LogP contribution in [0.25, 0.3) is 0 Å². The van der Waals surface area contributed by atoms with Gasteiger partial charge >= 0.3 is 12.0 Å². The number of nitrogens with one attached hydrogen (secondary N) is 1. The molecule has 106 valence electrons. The molecule has 0 aliphatic rings. The lowest BCUT2D eigenvalue weighted by Crippen LogP contribution is -2.44. The van der Waals surface area contributed by atoms with E-state index in [9.17, 15) is 9.59 Å². The van der Waals surface area contributed by atoms with Gasteiger partial charge in [0.15, 0.2) is 0 Å². The summed E-state index contributed by atoms with van der Waals surface area (Å²) in [5.74, 6) is -0.105. The minimum absolute atomic E-state index is 0.242. The Morgan fingerprint density at radius 2 is 1.78 bits per heavy atom. The molecule has 0 aromatic rings. The van der Waals surface area contributed by atoms with Gasteiger partial charge in [-0.25, -0.2) is 4.79 Å². The summed E-state index contributed by atoms with van der Waals surface area (Å²) >= 11 is 0. The number of carbonyl (C=O) groups excluding carboxylic acids is 1. The fourth-order valence-electron chi connectivity index (χ4n) is 1.64. The SMILES string of the molecule is CC(C)CCCNC(=O)N(CC(=O)O)CC(C)C. The standard InChI is InChI=1S/C13H26N2O3/c1-10(2)6-5-7-14-13(18)15(8-11(3)4)9-12(16)17/h10-11H,5-9H2,1-4H3,(H,14,18)(H,16,17). The van der Waals surface area contributed by atoms with Crippen molar-refractivity contribution in [3.05, 3.63) is 0 Å². The molecule has 0 radical (unpaired) electrons. The lowest BCUT2D eigenvalue weighted by molar-refractivity contribution is -0.137. The van der Waals surface area contributed by atoms with Crippen LogP contribution in [-0.2, 0) is 4.79 Å². The average Bonchev–Trinajstić information content (AvgIpc) is 2.21. The summed E-state index contributed by atoms with van der Waals surface area (Å²) in [4.78, 5) is 23.9. The molecule has 2 N–H and O–H groups in total. The van der Waals surface area contributed by atoms with E-state index in [1.165, 1.54) is 4.90 Å². The number of urea groups is 1. The van der Waals surface area contributed by atoms with E-state index in [1.807, 2.05) is 13.8 Å². The van der Waals surface area contributed by atoms with E-state index < -0.39 is 5.97 Å². The molecule has 18 heavy (non-hydrogen) atoms. The lowest BCUT2D eigenvalue weighted by atomic mass is 10.1. The molecule has 0 saturated heterocycles. The topological polar surface area (TPSA) is 69.6 Å². The Balaban J connectivity index is 4.08. The van der Waals surface area contributed by atoms with Gasteiger partial charge in [-0.1, -0.05) is 27.7 Å². The van der Waals surface area contributed by atoms with Crippen LogP contribution in [-0.4, -0.2) is 41.6 Å². The van der Waals surface area contributed by atoms with E-state index in [4.69, 9.17) is 5.11 Å². The first kappa shape index (κ1) is 16.7. The van der Waals surface area contributed by atoms with Gasteiger partial charge in [0.05, 0.1) is 0 Å². The summed E-state index contributed by atoms with van der Waals surface area (Å²) in [5.41, 5.74) is 0. The fourth-order valence-corrected chi connectivity index (χ4v) is 1.64. The van der Waals surface area contributed by atoms with Crippen molar-refractivity contribution >= 4 is 12.0 Å². The van der Waals surface area contributed by atoms with E-state index in [0.717, 1.165) is 12.8 Å². The van der Waals surface area contributed by atoms with Crippen LogP contribution >= 0.6 is 0 Å². The molecule has 0 bridgehead atoms. The summed E-state index contributed by atoms with van der Waals surface area (Å²) in [6.07, 6.45) is 1.98. The van der Waals surface area contributed by atoms with Crippen LogP contribution in [0.2, 0.25) is 0 Å². The van der Waals surface area contributed by atoms with E-state index in [-0.39, 0.29) is 18.5 Å². The molecule has 0 spiro atoms. The highest BCUT2D eigenvalue weighted by Gasteiger charge is 2.17. The second-order valence-electron chi connectivity index (χ2n) is 5.44. The average molecular weight is 258 g/mol. The van der Waals surface area contributed by atoms with Crippen molar-refractivity contribution in [2.45, 2.75) is 40.5 Å². The smallest absolute Gasteiger partial charge is 0.323 e. The Bertz CT molecular complexity index is 265. The number of hydrogen-bond donors (Lipinski definition) is 2. The van der Waals surface area contributed by atoms with Crippen LogP contribution < -0.4 is 5.32 Å². The van der Waals surface area contributed by atoms with Crippen LogP contribution in [0.1, 0.15) is 40.5 Å². The number of hydrogen-bond acceptors (Lipinski definition) is 2. The van der Waals surface area contributed by atoms with Crippen LogP contribution in [0.3, 0.4) is 0 Å². The number of carboxylic acid groups (broad SMARTS) is 1. The summed E-state index contributed by atoms with van der Waals surface area (Å²) in [6, 6.07) is -0.283. The zero-order chi connectivity index (χ0) is 14.1. The van der Waals surface area contributed by atoms with Gasteiger partial charge in [-0.2, -0.15) is 0 Å². The van der Waals surface area contributed by atoms with Gasteiger partial charge in [-0.15, -0.1) is 0 Å². The first-order valence-electron chi connectivity index (χ1n) is 6.57. The molecule has 0 saturated carbocycles. The van der Waals surface area contributed by atoms with Crippen molar-refractivity contribution in [1.29, 1.82) is 0 Å². The van der Waals surface area contributed by atoms with E-state index in [2.05, 4.69) is 19.2 Å². The first-order chi connectivity index (χ1) is 8.32. The van der Waals surface area contributed by atoms with E-state index >= 15 is 0 Å². The second-order valence-corrected chi connectivity index (χ2v) is 5.44. The van der Waals surface area contributed by atoms with Crippen LogP contribution in [0, 0.1) is 11.8 Å². The van der Waals surface area contributed by atoms with Gasteiger partial charge in [0.2, 0.25) is 0 Å². The molecule has 5 heteroatoms. The molecule has 2 amide bonds. The summed E-state index contributed by atoms with van der Waals surface area (Å²) in [5, 5.41) is 11.5.